The van der Waals surface area contributed by atoms with Crippen LogP contribution >= 0.6 is 0 Å². The minimum atomic E-state index is -3.61. The molecular formula is C18H21N3O4S. The quantitative estimate of drug-likeness (QED) is 0.592. The van der Waals surface area contributed by atoms with Gasteiger partial charge in [0.25, 0.3) is 5.91 Å². The van der Waals surface area contributed by atoms with E-state index in [1.807, 2.05) is 19.1 Å². The molecule has 26 heavy (non-hydrogen) atoms. The van der Waals surface area contributed by atoms with Gasteiger partial charge in [0.2, 0.25) is 10.0 Å². The Labute approximate surface area is 153 Å². The molecule has 0 heterocycles. The Bertz CT molecular complexity index is 893. The van der Waals surface area contributed by atoms with Crippen molar-refractivity contribution in [1.82, 2.24) is 5.43 Å². The number of benzene rings is 2. The van der Waals surface area contributed by atoms with Gasteiger partial charge in [-0.1, -0.05) is 29.8 Å². The Morgan fingerprint density at radius 3 is 2.46 bits per heavy atom. The minimum Gasteiger partial charge on any atom is -0.496 e. The summed E-state index contributed by atoms with van der Waals surface area (Å²) < 4.78 is 30.3. The highest BCUT2D eigenvalue weighted by atomic mass is 32.2. The number of rotatable bonds is 7. The number of hydrogen-bond donors (Lipinski definition) is 1. The molecule has 0 aliphatic rings. The van der Waals surface area contributed by atoms with E-state index in [1.54, 1.807) is 36.4 Å². The van der Waals surface area contributed by atoms with Crippen LogP contribution in [0.4, 0.5) is 5.69 Å². The normalized spacial score (nSPS) is 11.3. The van der Waals surface area contributed by atoms with E-state index in [-0.39, 0.29) is 6.54 Å². The topological polar surface area (TPSA) is 88.1 Å². The van der Waals surface area contributed by atoms with E-state index in [0.717, 1.165) is 16.1 Å². The highest BCUT2D eigenvalue weighted by Gasteiger charge is 2.20. The number of nitrogens with one attached hydrogen (secondary N) is 1. The molecule has 0 saturated carbocycles. The van der Waals surface area contributed by atoms with E-state index >= 15 is 0 Å². The van der Waals surface area contributed by atoms with Crippen LogP contribution in [0.25, 0.3) is 0 Å². The molecule has 7 nitrogen and oxygen atoms in total. The molecule has 2 rings (SSSR count). The van der Waals surface area contributed by atoms with Crippen molar-refractivity contribution in [1.29, 1.82) is 0 Å². The first-order valence-corrected chi connectivity index (χ1v) is 9.65. The summed E-state index contributed by atoms with van der Waals surface area (Å²) in [7, 11) is -2.07. The monoisotopic (exact) mass is 375 g/mol. The Balaban J connectivity index is 2.08. The van der Waals surface area contributed by atoms with Crippen LogP contribution in [0.1, 0.15) is 11.1 Å². The summed E-state index contributed by atoms with van der Waals surface area (Å²) in [5.74, 6) is 0.0602. The Morgan fingerprint density at radius 2 is 1.85 bits per heavy atom. The lowest BCUT2D eigenvalue weighted by Crippen LogP contribution is -2.39. The number of aryl methyl sites for hydroxylation is 1. The van der Waals surface area contributed by atoms with Crippen molar-refractivity contribution >= 4 is 27.8 Å². The van der Waals surface area contributed by atoms with Crippen LogP contribution in [0.5, 0.6) is 5.75 Å². The second-order valence-electron chi connectivity index (χ2n) is 5.64. The fourth-order valence-corrected chi connectivity index (χ4v) is 3.08. The molecule has 0 aliphatic carbocycles. The summed E-state index contributed by atoms with van der Waals surface area (Å²) in [6.07, 6.45) is 2.49. The van der Waals surface area contributed by atoms with Crippen LogP contribution in [0.2, 0.25) is 0 Å². The second kappa shape index (κ2) is 8.48. The lowest BCUT2D eigenvalue weighted by atomic mass is 10.2. The maximum Gasteiger partial charge on any atom is 0.260 e. The average molecular weight is 375 g/mol. The summed E-state index contributed by atoms with van der Waals surface area (Å²) in [6.45, 7) is 1.53. The number of carbonyl (C=O) groups excluding carboxylic acids is 1. The number of carbonyl (C=O) groups is 1. The lowest BCUT2D eigenvalue weighted by Gasteiger charge is -2.21. The van der Waals surface area contributed by atoms with E-state index in [4.69, 9.17) is 4.74 Å². The molecule has 8 heteroatoms. The van der Waals surface area contributed by atoms with Crippen LogP contribution in [-0.4, -0.2) is 40.4 Å². The standard InChI is InChI=1S/C18H21N3O4S/c1-14-8-10-16(11-9-14)21(26(3,23)24)13-18(22)20-19-12-15-6-4-5-7-17(15)25-2/h4-12H,13H2,1-3H3,(H,20,22)/b19-12-. The number of amides is 1. The molecule has 0 aliphatic heterocycles. The number of hydrogen-bond acceptors (Lipinski definition) is 5. The molecule has 0 fully saturated rings. The highest BCUT2D eigenvalue weighted by Crippen LogP contribution is 2.18. The summed E-state index contributed by atoms with van der Waals surface area (Å²) in [5.41, 5.74) is 4.44. The predicted molar refractivity (Wildman–Crippen MR) is 102 cm³/mol. The first-order chi connectivity index (χ1) is 12.3. The first kappa shape index (κ1) is 19.5. The summed E-state index contributed by atoms with van der Waals surface area (Å²) in [5, 5.41) is 3.87. The van der Waals surface area contributed by atoms with E-state index in [1.165, 1.54) is 13.3 Å². The summed E-state index contributed by atoms with van der Waals surface area (Å²) in [4.78, 5) is 12.1. The lowest BCUT2D eigenvalue weighted by molar-refractivity contribution is -0.119. The third kappa shape index (κ3) is 5.32. The molecule has 0 unspecified atom stereocenters. The van der Waals surface area contributed by atoms with E-state index < -0.39 is 15.9 Å². The smallest absolute Gasteiger partial charge is 0.260 e. The Morgan fingerprint density at radius 1 is 1.19 bits per heavy atom. The van der Waals surface area contributed by atoms with Gasteiger partial charge in [0.15, 0.2) is 0 Å². The molecule has 0 saturated heterocycles. The van der Waals surface area contributed by atoms with Crippen molar-refractivity contribution in [3.8, 4) is 5.75 Å². The highest BCUT2D eigenvalue weighted by molar-refractivity contribution is 7.92. The van der Waals surface area contributed by atoms with Crippen molar-refractivity contribution in [3.63, 3.8) is 0 Å². The molecule has 2 aromatic rings. The van der Waals surface area contributed by atoms with E-state index in [0.29, 0.717) is 17.0 Å². The summed E-state index contributed by atoms with van der Waals surface area (Å²) in [6, 6.07) is 14.1. The van der Waals surface area contributed by atoms with Gasteiger partial charge >= 0.3 is 0 Å². The predicted octanol–water partition coefficient (Wildman–Crippen LogP) is 1.92. The number of nitrogens with zero attached hydrogens (tertiary/aromatic N) is 2. The zero-order chi connectivity index (χ0) is 19.2. The van der Waals surface area contributed by atoms with E-state index in [9.17, 15) is 13.2 Å². The van der Waals surface area contributed by atoms with Gasteiger partial charge in [-0.15, -0.1) is 0 Å². The SMILES string of the molecule is COc1ccccc1/C=N\NC(=O)CN(c1ccc(C)cc1)S(C)(=O)=O. The van der Waals surface area contributed by atoms with Crippen molar-refractivity contribution in [2.24, 2.45) is 5.10 Å². The Kier molecular flexibility index (Phi) is 6.35. The number of sulfonamides is 1. The zero-order valence-corrected chi connectivity index (χ0v) is 15.7. The van der Waals surface area contributed by atoms with Crippen LogP contribution in [0.15, 0.2) is 53.6 Å². The maximum atomic E-state index is 12.1. The minimum absolute atomic E-state index is 0.370. The molecule has 0 atom stereocenters. The van der Waals surface area contributed by atoms with Gasteiger partial charge in [0, 0.05) is 5.56 Å². The van der Waals surface area contributed by atoms with Crippen LogP contribution in [0, 0.1) is 6.92 Å². The maximum absolute atomic E-state index is 12.1. The second-order valence-corrected chi connectivity index (χ2v) is 7.55. The molecule has 0 bridgehead atoms. The van der Waals surface area contributed by atoms with Crippen LogP contribution < -0.4 is 14.5 Å². The van der Waals surface area contributed by atoms with Crippen molar-refractivity contribution in [3.05, 3.63) is 59.7 Å². The molecule has 0 spiro atoms. The average Bonchev–Trinajstić information content (AvgIpc) is 2.60. The third-order valence-electron chi connectivity index (χ3n) is 3.54. The molecule has 1 N–H and O–H groups in total. The fraction of sp³-hybridized carbons (Fsp3) is 0.222. The molecule has 0 aromatic heterocycles. The number of para-hydroxylation sites is 1. The molecular weight excluding hydrogens is 354 g/mol. The third-order valence-corrected chi connectivity index (χ3v) is 4.68. The van der Waals surface area contributed by atoms with Crippen molar-refractivity contribution in [2.45, 2.75) is 6.92 Å². The van der Waals surface area contributed by atoms with Gasteiger partial charge in [-0.05, 0) is 31.2 Å². The van der Waals surface area contributed by atoms with Gasteiger partial charge in [-0.3, -0.25) is 9.10 Å². The van der Waals surface area contributed by atoms with Gasteiger partial charge in [-0.2, -0.15) is 5.10 Å². The van der Waals surface area contributed by atoms with Gasteiger partial charge in [-0.25, -0.2) is 13.8 Å². The number of ether oxygens (including phenoxy) is 1. The molecule has 138 valence electrons. The Hall–Kier alpha value is -2.87. The van der Waals surface area contributed by atoms with Crippen molar-refractivity contribution in [2.75, 3.05) is 24.2 Å². The number of hydrazone groups is 1. The van der Waals surface area contributed by atoms with Gasteiger partial charge in [0.1, 0.15) is 12.3 Å². The molecule has 0 radical (unpaired) electrons. The number of methoxy groups -OCH3 is 1. The van der Waals surface area contributed by atoms with Crippen LogP contribution in [0.3, 0.4) is 0 Å². The van der Waals surface area contributed by atoms with Gasteiger partial charge < -0.3 is 4.74 Å². The van der Waals surface area contributed by atoms with Crippen molar-refractivity contribution < 1.29 is 17.9 Å². The first-order valence-electron chi connectivity index (χ1n) is 7.80. The fourth-order valence-electron chi connectivity index (χ4n) is 2.22. The van der Waals surface area contributed by atoms with E-state index in [2.05, 4.69) is 10.5 Å². The zero-order valence-electron chi connectivity index (χ0n) is 14.8. The van der Waals surface area contributed by atoms with Crippen LogP contribution in [-0.2, 0) is 14.8 Å². The van der Waals surface area contributed by atoms with Gasteiger partial charge in [0.05, 0.1) is 25.3 Å². The molecule has 2 aromatic carbocycles. The number of anilines is 1. The summed E-state index contributed by atoms with van der Waals surface area (Å²) >= 11 is 0. The molecule has 1 amide bonds. The largest absolute Gasteiger partial charge is 0.496 e.